The van der Waals surface area contributed by atoms with E-state index >= 15 is 0 Å². The molecular formula is C16H20N4O2S. The molecule has 0 spiro atoms. The highest BCUT2D eigenvalue weighted by molar-refractivity contribution is 7.14. The zero-order chi connectivity index (χ0) is 16.6. The molecule has 2 aromatic rings. The van der Waals surface area contributed by atoms with E-state index in [0.29, 0.717) is 10.6 Å². The number of nitrogens with one attached hydrogen (secondary N) is 2. The highest BCUT2D eigenvalue weighted by Crippen LogP contribution is 2.30. The van der Waals surface area contributed by atoms with Gasteiger partial charge in [0, 0.05) is 11.9 Å². The van der Waals surface area contributed by atoms with Gasteiger partial charge in [0.15, 0.2) is 0 Å². The Morgan fingerprint density at radius 3 is 2.78 bits per heavy atom. The van der Waals surface area contributed by atoms with Crippen LogP contribution in [-0.4, -0.2) is 28.1 Å². The molecule has 2 N–H and O–H groups in total. The Hall–Kier alpha value is -2.15. The summed E-state index contributed by atoms with van der Waals surface area (Å²) in [7, 11) is 1.83. The summed E-state index contributed by atoms with van der Waals surface area (Å²) in [5, 5.41) is 9.75. The number of rotatable bonds is 4. The van der Waals surface area contributed by atoms with Gasteiger partial charge in [0.2, 0.25) is 5.91 Å². The van der Waals surface area contributed by atoms with Crippen molar-refractivity contribution in [1.82, 2.24) is 15.1 Å². The van der Waals surface area contributed by atoms with E-state index in [-0.39, 0.29) is 18.4 Å². The Kier molecular flexibility index (Phi) is 4.21. The van der Waals surface area contributed by atoms with Gasteiger partial charge < -0.3 is 10.6 Å². The normalized spacial score (nSPS) is 13.0. The molecule has 3 rings (SSSR count). The second kappa shape index (κ2) is 6.16. The monoisotopic (exact) mass is 332 g/mol. The molecule has 0 radical (unpaired) electrons. The molecule has 0 aliphatic heterocycles. The molecule has 2 amide bonds. The molecule has 0 fully saturated rings. The molecule has 0 atom stereocenters. The second-order valence-corrected chi connectivity index (χ2v) is 6.95. The predicted octanol–water partition coefficient (Wildman–Crippen LogP) is 1.96. The molecule has 0 unspecified atom stereocenters. The molecule has 0 saturated heterocycles. The number of aryl methyl sites for hydroxylation is 4. The maximum atomic E-state index is 12.1. The fourth-order valence-electron chi connectivity index (χ4n) is 2.83. The van der Waals surface area contributed by atoms with Crippen LogP contribution < -0.4 is 10.6 Å². The lowest BCUT2D eigenvalue weighted by molar-refractivity contribution is -0.115. The standard InChI is InChI=1S/C16H20N4O2S/c1-9-15(10(2)20(3)19-9)18-14(21)8-17-16(22)13-7-11-5-4-6-12(11)23-13/h7H,4-6,8H2,1-3H3,(H,17,22)(H,18,21). The second-order valence-electron chi connectivity index (χ2n) is 5.81. The quantitative estimate of drug-likeness (QED) is 0.898. The number of nitrogens with zero attached hydrogens (tertiary/aromatic N) is 2. The minimum Gasteiger partial charge on any atom is -0.342 e. The first-order valence-corrected chi connectivity index (χ1v) is 8.47. The van der Waals surface area contributed by atoms with E-state index < -0.39 is 0 Å². The number of carbonyl (C=O) groups is 2. The molecule has 0 bridgehead atoms. The Morgan fingerprint density at radius 2 is 2.13 bits per heavy atom. The summed E-state index contributed by atoms with van der Waals surface area (Å²) in [6.07, 6.45) is 3.29. The molecule has 0 saturated carbocycles. The number of carbonyl (C=O) groups excluding carboxylic acids is 2. The van der Waals surface area contributed by atoms with E-state index in [1.54, 1.807) is 4.68 Å². The van der Waals surface area contributed by atoms with Crippen molar-refractivity contribution in [2.24, 2.45) is 7.05 Å². The van der Waals surface area contributed by atoms with Crippen LogP contribution >= 0.6 is 11.3 Å². The number of hydrogen-bond acceptors (Lipinski definition) is 4. The smallest absolute Gasteiger partial charge is 0.261 e. The van der Waals surface area contributed by atoms with E-state index in [1.165, 1.54) is 28.2 Å². The molecule has 7 heteroatoms. The first-order chi connectivity index (χ1) is 11.0. The van der Waals surface area contributed by atoms with Crippen molar-refractivity contribution in [1.29, 1.82) is 0 Å². The number of amides is 2. The van der Waals surface area contributed by atoms with E-state index in [1.807, 2.05) is 27.0 Å². The van der Waals surface area contributed by atoms with Gasteiger partial charge in [-0.1, -0.05) is 0 Å². The van der Waals surface area contributed by atoms with Gasteiger partial charge >= 0.3 is 0 Å². The molecule has 2 aromatic heterocycles. The lowest BCUT2D eigenvalue weighted by atomic mass is 10.2. The van der Waals surface area contributed by atoms with Gasteiger partial charge in [-0.2, -0.15) is 5.10 Å². The van der Waals surface area contributed by atoms with E-state index in [2.05, 4.69) is 15.7 Å². The molecule has 2 heterocycles. The molecule has 1 aliphatic carbocycles. The van der Waals surface area contributed by atoms with E-state index in [4.69, 9.17) is 0 Å². The number of anilines is 1. The maximum Gasteiger partial charge on any atom is 0.261 e. The minimum atomic E-state index is -0.248. The molecule has 6 nitrogen and oxygen atoms in total. The van der Waals surface area contributed by atoms with Crippen molar-refractivity contribution >= 4 is 28.8 Å². The predicted molar refractivity (Wildman–Crippen MR) is 90.0 cm³/mol. The summed E-state index contributed by atoms with van der Waals surface area (Å²) < 4.78 is 1.72. The van der Waals surface area contributed by atoms with Gasteiger partial charge in [-0.3, -0.25) is 14.3 Å². The van der Waals surface area contributed by atoms with Crippen LogP contribution in [0.3, 0.4) is 0 Å². The van der Waals surface area contributed by atoms with Crippen molar-refractivity contribution in [3.63, 3.8) is 0 Å². The Morgan fingerprint density at radius 1 is 1.35 bits per heavy atom. The fraction of sp³-hybridized carbons (Fsp3) is 0.438. The van der Waals surface area contributed by atoms with Gasteiger partial charge in [0.05, 0.1) is 28.5 Å². The van der Waals surface area contributed by atoms with Crippen molar-refractivity contribution < 1.29 is 9.59 Å². The maximum absolute atomic E-state index is 12.1. The Bertz CT molecular complexity index is 754. The summed E-state index contributed by atoms with van der Waals surface area (Å²) in [6.45, 7) is 3.69. The number of hydrogen-bond donors (Lipinski definition) is 2. The average Bonchev–Trinajstić information content (AvgIpc) is 3.15. The van der Waals surface area contributed by atoms with Gasteiger partial charge in [0.25, 0.3) is 5.91 Å². The summed E-state index contributed by atoms with van der Waals surface area (Å²) in [5.41, 5.74) is 3.64. The van der Waals surface area contributed by atoms with E-state index in [9.17, 15) is 9.59 Å². The van der Waals surface area contributed by atoms with Crippen molar-refractivity contribution in [2.45, 2.75) is 33.1 Å². The fourth-order valence-corrected chi connectivity index (χ4v) is 4.00. The van der Waals surface area contributed by atoms with Crippen molar-refractivity contribution in [2.75, 3.05) is 11.9 Å². The Balaban J connectivity index is 1.57. The summed E-state index contributed by atoms with van der Waals surface area (Å²) in [4.78, 5) is 26.2. The van der Waals surface area contributed by atoms with Gasteiger partial charge in [-0.15, -0.1) is 11.3 Å². The largest absolute Gasteiger partial charge is 0.342 e. The third-order valence-corrected chi connectivity index (χ3v) is 5.39. The van der Waals surface area contributed by atoms with Crippen LogP contribution in [0.25, 0.3) is 0 Å². The number of fused-ring (bicyclic) bond motifs is 1. The molecule has 1 aliphatic rings. The lowest BCUT2D eigenvalue weighted by Gasteiger charge is -2.06. The minimum absolute atomic E-state index is 0.0465. The van der Waals surface area contributed by atoms with Crippen LogP contribution in [0.15, 0.2) is 6.07 Å². The first kappa shape index (κ1) is 15.7. The molecule has 0 aromatic carbocycles. The summed E-state index contributed by atoms with van der Waals surface area (Å²) in [5.74, 6) is -0.430. The van der Waals surface area contributed by atoms with Crippen molar-refractivity contribution in [3.05, 3.63) is 32.8 Å². The highest BCUT2D eigenvalue weighted by Gasteiger charge is 2.19. The van der Waals surface area contributed by atoms with Crippen molar-refractivity contribution in [3.8, 4) is 0 Å². The van der Waals surface area contributed by atoms with Crippen LogP contribution in [0.2, 0.25) is 0 Å². The third-order valence-electron chi connectivity index (χ3n) is 4.15. The average molecular weight is 332 g/mol. The summed E-state index contributed by atoms with van der Waals surface area (Å²) >= 11 is 1.54. The van der Waals surface area contributed by atoms with E-state index in [0.717, 1.165) is 24.2 Å². The molecular weight excluding hydrogens is 312 g/mol. The summed E-state index contributed by atoms with van der Waals surface area (Å²) in [6, 6.07) is 1.95. The van der Waals surface area contributed by atoms with Crippen LogP contribution in [-0.2, 0) is 24.7 Å². The molecule has 23 heavy (non-hydrogen) atoms. The van der Waals surface area contributed by atoms with Crippen LogP contribution in [0.4, 0.5) is 5.69 Å². The van der Waals surface area contributed by atoms with Gasteiger partial charge in [-0.25, -0.2) is 0 Å². The lowest BCUT2D eigenvalue weighted by Crippen LogP contribution is -2.32. The first-order valence-electron chi connectivity index (χ1n) is 7.65. The van der Waals surface area contributed by atoms with Gasteiger partial charge in [0.1, 0.15) is 0 Å². The Labute approximate surface area is 138 Å². The van der Waals surface area contributed by atoms with Crippen LogP contribution in [0.1, 0.15) is 37.9 Å². The van der Waals surface area contributed by atoms with Gasteiger partial charge in [-0.05, 0) is 44.7 Å². The third kappa shape index (κ3) is 3.14. The molecule has 122 valence electrons. The van der Waals surface area contributed by atoms with Crippen LogP contribution in [0, 0.1) is 13.8 Å². The topological polar surface area (TPSA) is 76.0 Å². The van der Waals surface area contributed by atoms with Crippen LogP contribution in [0.5, 0.6) is 0 Å². The zero-order valence-corrected chi connectivity index (χ0v) is 14.3. The SMILES string of the molecule is Cc1nn(C)c(C)c1NC(=O)CNC(=O)c1cc2c(s1)CCC2. The number of aromatic nitrogens is 2. The highest BCUT2D eigenvalue weighted by atomic mass is 32.1. The zero-order valence-electron chi connectivity index (χ0n) is 13.5. The number of thiophene rings is 1.